The monoisotopic (exact) mass is 367 g/mol. The zero-order chi connectivity index (χ0) is 17.9. The van der Waals surface area contributed by atoms with E-state index in [0.29, 0.717) is 36.4 Å². The molecule has 2 aliphatic rings. The summed E-state index contributed by atoms with van der Waals surface area (Å²) in [5, 5.41) is 6.47. The van der Waals surface area contributed by atoms with Gasteiger partial charge < -0.3 is 20.3 Å². The number of nitrogens with one attached hydrogen (secondary N) is 2. The van der Waals surface area contributed by atoms with Crippen LogP contribution in [0.1, 0.15) is 38.5 Å². The molecule has 1 aromatic heterocycles. The number of ether oxygens (including phenoxy) is 1. The van der Waals surface area contributed by atoms with Crippen LogP contribution in [0.4, 0.5) is 11.8 Å². The first-order chi connectivity index (χ1) is 12.1. The van der Waals surface area contributed by atoms with Crippen LogP contribution in [-0.2, 0) is 9.53 Å². The number of nitrogens with zero attached hydrogens (tertiary/aromatic N) is 3. The maximum absolute atomic E-state index is 12.9. The molecule has 7 nitrogen and oxygen atoms in total. The molecule has 0 aromatic carbocycles. The van der Waals surface area contributed by atoms with Crippen LogP contribution in [0.15, 0.2) is 6.07 Å². The van der Waals surface area contributed by atoms with Crippen LogP contribution in [0.3, 0.4) is 0 Å². The molecule has 1 aromatic rings. The molecular formula is C17H26ClN5O2. The molecule has 2 heterocycles. The molecule has 0 unspecified atom stereocenters. The molecule has 0 spiro atoms. The number of hydrogen-bond donors (Lipinski definition) is 2. The van der Waals surface area contributed by atoms with E-state index in [0.717, 1.165) is 12.8 Å². The number of halogens is 1. The zero-order valence-electron chi connectivity index (χ0n) is 14.8. The van der Waals surface area contributed by atoms with Gasteiger partial charge in [0.25, 0.3) is 5.91 Å². The van der Waals surface area contributed by atoms with Gasteiger partial charge in [-0.15, -0.1) is 0 Å². The highest BCUT2D eigenvalue weighted by molar-refractivity contribution is 6.29. The van der Waals surface area contributed by atoms with E-state index in [1.807, 2.05) is 4.90 Å². The molecule has 0 bridgehead atoms. The third-order valence-corrected chi connectivity index (χ3v) is 5.40. The van der Waals surface area contributed by atoms with Gasteiger partial charge in [0.15, 0.2) is 5.60 Å². The predicted octanol–water partition coefficient (Wildman–Crippen LogP) is 2.22. The van der Waals surface area contributed by atoms with Gasteiger partial charge in [-0.05, 0) is 12.8 Å². The third kappa shape index (κ3) is 3.98. The maximum Gasteiger partial charge on any atom is 0.254 e. The Labute approximate surface area is 153 Å². The van der Waals surface area contributed by atoms with Gasteiger partial charge in [-0.25, -0.2) is 4.98 Å². The fraction of sp³-hybridized carbons (Fsp3) is 0.706. The van der Waals surface area contributed by atoms with Crippen LogP contribution < -0.4 is 15.5 Å². The second-order valence-corrected chi connectivity index (χ2v) is 7.19. The van der Waals surface area contributed by atoms with Gasteiger partial charge in [0, 0.05) is 39.2 Å². The maximum atomic E-state index is 12.9. The summed E-state index contributed by atoms with van der Waals surface area (Å²) in [6.07, 6.45) is 6.37. The zero-order valence-corrected chi connectivity index (χ0v) is 15.6. The lowest BCUT2D eigenvalue weighted by Gasteiger charge is -2.31. The number of methoxy groups -OCH3 is 1. The van der Waals surface area contributed by atoms with Crippen molar-refractivity contribution in [3.63, 3.8) is 0 Å². The Kier molecular flexibility index (Phi) is 5.64. The molecule has 1 amide bonds. The van der Waals surface area contributed by atoms with Gasteiger partial charge in [0.2, 0.25) is 5.95 Å². The van der Waals surface area contributed by atoms with Gasteiger partial charge in [0.05, 0.1) is 6.54 Å². The lowest BCUT2D eigenvalue weighted by molar-refractivity contribution is -0.142. The van der Waals surface area contributed by atoms with Crippen molar-refractivity contribution in [2.75, 3.05) is 37.5 Å². The molecular weight excluding hydrogens is 342 g/mol. The first-order valence-corrected chi connectivity index (χ1v) is 9.27. The molecule has 2 N–H and O–H groups in total. The SMILES string of the molecule is CNc1nc(Cl)cc(N2CC[C@@](OC)(C(=O)NC3CCCCC3)C2)n1. The average molecular weight is 368 g/mol. The number of hydrogen-bond acceptors (Lipinski definition) is 6. The number of rotatable bonds is 5. The first kappa shape index (κ1) is 18.2. The first-order valence-electron chi connectivity index (χ1n) is 8.90. The molecule has 1 saturated carbocycles. The van der Waals surface area contributed by atoms with Crippen molar-refractivity contribution >= 4 is 29.3 Å². The smallest absolute Gasteiger partial charge is 0.254 e. The minimum absolute atomic E-state index is 0.0154. The minimum Gasteiger partial charge on any atom is -0.366 e. The molecule has 138 valence electrons. The number of anilines is 2. The van der Waals surface area contributed by atoms with E-state index in [-0.39, 0.29) is 11.9 Å². The van der Waals surface area contributed by atoms with Gasteiger partial charge in [-0.2, -0.15) is 4.98 Å². The Bertz CT molecular complexity index is 623. The Morgan fingerprint density at radius 2 is 2.12 bits per heavy atom. The summed E-state index contributed by atoms with van der Waals surface area (Å²) < 4.78 is 5.69. The standard InChI is InChI=1S/C17H26ClN5O2/c1-19-16-21-13(18)10-14(22-16)23-9-8-17(11-23,25-2)15(24)20-12-6-4-3-5-7-12/h10,12H,3-9,11H2,1-2H3,(H,20,24)(H,19,21,22)/t17-/m0/s1. The molecule has 1 atom stereocenters. The highest BCUT2D eigenvalue weighted by Gasteiger charge is 2.46. The van der Waals surface area contributed by atoms with Crippen molar-refractivity contribution in [1.29, 1.82) is 0 Å². The second kappa shape index (κ2) is 7.74. The van der Waals surface area contributed by atoms with Crippen LogP contribution in [0.5, 0.6) is 0 Å². The van der Waals surface area contributed by atoms with Crippen LogP contribution in [0.2, 0.25) is 5.15 Å². The molecule has 8 heteroatoms. The predicted molar refractivity (Wildman–Crippen MR) is 98.2 cm³/mol. The van der Waals surface area contributed by atoms with Gasteiger partial charge in [-0.3, -0.25) is 4.79 Å². The van der Waals surface area contributed by atoms with E-state index in [2.05, 4.69) is 20.6 Å². The number of aromatic nitrogens is 2. The summed E-state index contributed by atoms with van der Waals surface area (Å²) in [6.45, 7) is 1.14. The van der Waals surface area contributed by atoms with Crippen LogP contribution in [-0.4, -0.2) is 54.8 Å². The normalized spacial score (nSPS) is 24.4. The fourth-order valence-corrected chi connectivity index (χ4v) is 3.84. The summed E-state index contributed by atoms with van der Waals surface area (Å²) >= 11 is 6.08. The number of amides is 1. The second-order valence-electron chi connectivity index (χ2n) is 6.80. The topological polar surface area (TPSA) is 79.4 Å². The molecule has 1 aliphatic carbocycles. The van der Waals surface area contributed by atoms with E-state index < -0.39 is 5.60 Å². The Hall–Kier alpha value is -1.60. The van der Waals surface area contributed by atoms with Crippen molar-refractivity contribution in [2.45, 2.75) is 50.2 Å². The van der Waals surface area contributed by atoms with Gasteiger partial charge in [0.1, 0.15) is 11.0 Å². The van der Waals surface area contributed by atoms with Crippen molar-refractivity contribution < 1.29 is 9.53 Å². The van der Waals surface area contributed by atoms with Crippen LogP contribution >= 0.6 is 11.6 Å². The van der Waals surface area contributed by atoms with E-state index >= 15 is 0 Å². The third-order valence-electron chi connectivity index (χ3n) is 5.21. The largest absolute Gasteiger partial charge is 0.366 e. The summed E-state index contributed by atoms with van der Waals surface area (Å²) in [5.74, 6) is 1.15. The lowest BCUT2D eigenvalue weighted by atomic mass is 9.94. The lowest BCUT2D eigenvalue weighted by Crippen LogP contribution is -2.53. The van der Waals surface area contributed by atoms with Crippen molar-refractivity contribution in [1.82, 2.24) is 15.3 Å². The molecule has 3 rings (SSSR count). The summed E-state index contributed by atoms with van der Waals surface area (Å²) in [6, 6.07) is 1.99. The van der Waals surface area contributed by atoms with E-state index in [4.69, 9.17) is 16.3 Å². The van der Waals surface area contributed by atoms with E-state index in [9.17, 15) is 4.79 Å². The highest BCUT2D eigenvalue weighted by atomic mass is 35.5. The highest BCUT2D eigenvalue weighted by Crippen LogP contribution is 2.30. The van der Waals surface area contributed by atoms with Crippen molar-refractivity contribution in [2.24, 2.45) is 0 Å². The number of carbonyl (C=O) groups excluding carboxylic acids is 1. The molecule has 1 saturated heterocycles. The summed E-state index contributed by atoms with van der Waals surface area (Å²) in [7, 11) is 3.35. The van der Waals surface area contributed by atoms with E-state index in [1.54, 1.807) is 20.2 Å². The van der Waals surface area contributed by atoms with Crippen LogP contribution in [0, 0.1) is 0 Å². The van der Waals surface area contributed by atoms with E-state index in [1.165, 1.54) is 19.3 Å². The quantitative estimate of drug-likeness (QED) is 0.777. The average Bonchev–Trinajstić information content (AvgIpc) is 3.08. The van der Waals surface area contributed by atoms with Crippen LogP contribution in [0.25, 0.3) is 0 Å². The number of carbonyl (C=O) groups is 1. The molecule has 1 aliphatic heterocycles. The molecule has 0 radical (unpaired) electrons. The summed E-state index contributed by atoms with van der Waals surface area (Å²) in [4.78, 5) is 23.5. The summed E-state index contributed by atoms with van der Waals surface area (Å²) in [5.41, 5.74) is -0.839. The minimum atomic E-state index is -0.839. The fourth-order valence-electron chi connectivity index (χ4n) is 3.67. The van der Waals surface area contributed by atoms with Crippen molar-refractivity contribution in [3.05, 3.63) is 11.2 Å². The van der Waals surface area contributed by atoms with Crippen molar-refractivity contribution in [3.8, 4) is 0 Å². The Morgan fingerprint density at radius 3 is 2.80 bits per heavy atom. The Balaban J connectivity index is 1.71. The Morgan fingerprint density at radius 1 is 1.36 bits per heavy atom. The van der Waals surface area contributed by atoms with Gasteiger partial charge >= 0.3 is 0 Å². The molecule has 25 heavy (non-hydrogen) atoms. The van der Waals surface area contributed by atoms with Gasteiger partial charge in [-0.1, -0.05) is 30.9 Å². The molecule has 2 fully saturated rings.